The fourth-order valence-electron chi connectivity index (χ4n) is 2.14. The molecule has 0 spiro atoms. The summed E-state index contributed by atoms with van der Waals surface area (Å²) in [5.41, 5.74) is 0. The van der Waals surface area contributed by atoms with Crippen molar-refractivity contribution in [2.75, 3.05) is 26.7 Å². The van der Waals surface area contributed by atoms with E-state index in [0.717, 1.165) is 19.6 Å². The highest BCUT2D eigenvalue weighted by Crippen LogP contribution is 2.22. The maximum Gasteiger partial charge on any atom is 0.222 e. The van der Waals surface area contributed by atoms with Crippen LogP contribution in [0.4, 0.5) is 0 Å². The molecule has 1 aliphatic rings. The second-order valence-electron chi connectivity index (χ2n) is 4.70. The van der Waals surface area contributed by atoms with Crippen LogP contribution in [0.2, 0.25) is 0 Å². The largest absolute Gasteiger partial charge is 0.346 e. The summed E-state index contributed by atoms with van der Waals surface area (Å²) in [6.45, 7) is 7.27. The normalized spacial score (nSPS) is 22.1. The minimum Gasteiger partial charge on any atom is -0.346 e. The Morgan fingerprint density at radius 3 is 2.75 bits per heavy atom. The van der Waals surface area contributed by atoms with Crippen LogP contribution in [0.1, 0.15) is 33.1 Å². The molecule has 4 heteroatoms. The molecule has 96 valence electrons. The molecule has 1 heterocycles. The minimum absolute atomic E-state index is 0. The minimum atomic E-state index is 0. The zero-order chi connectivity index (χ0) is 11.3. The van der Waals surface area contributed by atoms with Crippen LogP contribution in [-0.2, 0) is 4.79 Å². The molecule has 1 N–H and O–H groups in total. The topological polar surface area (TPSA) is 32.3 Å². The number of rotatable bonds is 4. The summed E-state index contributed by atoms with van der Waals surface area (Å²) in [5.74, 6) is 1.49. The molecule has 0 aromatic carbocycles. The van der Waals surface area contributed by atoms with Gasteiger partial charge in [0, 0.05) is 20.0 Å². The molecule has 2 atom stereocenters. The summed E-state index contributed by atoms with van der Waals surface area (Å²) >= 11 is 0. The van der Waals surface area contributed by atoms with E-state index in [1.165, 1.54) is 12.8 Å². The Balaban J connectivity index is 0.00000225. The number of hydrogen-bond acceptors (Lipinski definition) is 2. The van der Waals surface area contributed by atoms with E-state index in [9.17, 15) is 4.79 Å². The lowest BCUT2D eigenvalue weighted by Crippen LogP contribution is -2.36. The predicted octanol–water partition coefficient (Wildman–Crippen LogP) is 1.91. The zero-order valence-corrected chi connectivity index (χ0v) is 11.5. The van der Waals surface area contributed by atoms with Gasteiger partial charge in [0.1, 0.15) is 0 Å². The molecule has 0 aromatic heterocycles. The van der Waals surface area contributed by atoms with E-state index in [-0.39, 0.29) is 18.3 Å². The van der Waals surface area contributed by atoms with E-state index in [4.69, 9.17) is 0 Å². The number of amides is 1. The predicted molar refractivity (Wildman–Crippen MR) is 69.9 cm³/mol. The zero-order valence-electron chi connectivity index (χ0n) is 10.7. The van der Waals surface area contributed by atoms with Gasteiger partial charge in [0.25, 0.3) is 0 Å². The summed E-state index contributed by atoms with van der Waals surface area (Å²) in [5, 5.41) is 3.41. The number of carbonyl (C=O) groups is 1. The van der Waals surface area contributed by atoms with Crippen LogP contribution in [0, 0.1) is 11.8 Å². The first-order valence-corrected chi connectivity index (χ1v) is 6.09. The van der Waals surface area contributed by atoms with E-state index in [1.54, 1.807) is 0 Å². The average Bonchev–Trinajstić information content (AvgIpc) is 2.29. The smallest absolute Gasteiger partial charge is 0.222 e. The summed E-state index contributed by atoms with van der Waals surface area (Å²) in [6, 6.07) is 0. The average molecular weight is 249 g/mol. The molecule has 0 saturated carbocycles. The number of nitrogens with one attached hydrogen (secondary N) is 1. The third-order valence-corrected chi connectivity index (χ3v) is 3.54. The molecular weight excluding hydrogens is 224 g/mol. The molecule has 16 heavy (non-hydrogen) atoms. The van der Waals surface area contributed by atoms with Gasteiger partial charge in [0.15, 0.2) is 0 Å². The lowest BCUT2D eigenvalue weighted by molar-refractivity contribution is -0.131. The molecular formula is C12H25ClN2O. The van der Waals surface area contributed by atoms with E-state index in [2.05, 4.69) is 12.2 Å². The molecule has 0 radical (unpaired) electrons. The Kier molecular flexibility index (Phi) is 7.77. The van der Waals surface area contributed by atoms with Crippen molar-refractivity contribution < 1.29 is 4.79 Å². The van der Waals surface area contributed by atoms with Gasteiger partial charge in [-0.1, -0.05) is 6.92 Å². The molecule has 1 aliphatic heterocycles. The van der Waals surface area contributed by atoms with Gasteiger partial charge in [-0.2, -0.15) is 0 Å². The van der Waals surface area contributed by atoms with Crippen LogP contribution < -0.4 is 5.32 Å². The van der Waals surface area contributed by atoms with Crippen LogP contribution in [0.25, 0.3) is 0 Å². The number of hydrogen-bond donors (Lipinski definition) is 1. The molecule has 3 nitrogen and oxygen atoms in total. The SMILES string of the molecule is CCN(C)C(=O)CC(C)C1CCCNC1.Cl. The van der Waals surface area contributed by atoms with Crippen LogP contribution in [-0.4, -0.2) is 37.5 Å². The number of nitrogens with zero attached hydrogens (tertiary/aromatic N) is 1. The Bertz CT molecular complexity index is 205. The van der Waals surface area contributed by atoms with E-state index < -0.39 is 0 Å². The summed E-state index contributed by atoms with van der Waals surface area (Å²) in [6.07, 6.45) is 3.24. The second kappa shape index (κ2) is 7.91. The van der Waals surface area contributed by atoms with Crippen LogP contribution >= 0.6 is 12.4 Å². The lowest BCUT2D eigenvalue weighted by Gasteiger charge is -2.29. The van der Waals surface area contributed by atoms with Crippen LogP contribution in [0.3, 0.4) is 0 Å². The first-order valence-electron chi connectivity index (χ1n) is 6.09. The van der Waals surface area contributed by atoms with Gasteiger partial charge >= 0.3 is 0 Å². The second-order valence-corrected chi connectivity index (χ2v) is 4.70. The number of halogens is 1. The van der Waals surface area contributed by atoms with Crippen molar-refractivity contribution in [3.8, 4) is 0 Å². The highest BCUT2D eigenvalue weighted by atomic mass is 35.5. The lowest BCUT2D eigenvalue weighted by atomic mass is 9.85. The van der Waals surface area contributed by atoms with Crippen molar-refractivity contribution in [2.24, 2.45) is 11.8 Å². The van der Waals surface area contributed by atoms with Gasteiger partial charge in [-0.15, -0.1) is 12.4 Å². The molecule has 1 fully saturated rings. The van der Waals surface area contributed by atoms with Gasteiger partial charge in [-0.05, 0) is 44.7 Å². The number of piperidine rings is 1. The molecule has 2 unspecified atom stereocenters. The fourth-order valence-corrected chi connectivity index (χ4v) is 2.14. The van der Waals surface area contributed by atoms with Crippen molar-refractivity contribution in [3.63, 3.8) is 0 Å². The Morgan fingerprint density at radius 2 is 2.25 bits per heavy atom. The summed E-state index contributed by atoms with van der Waals surface area (Å²) in [7, 11) is 1.88. The van der Waals surface area contributed by atoms with Gasteiger partial charge in [0.2, 0.25) is 5.91 Å². The maximum absolute atomic E-state index is 11.7. The van der Waals surface area contributed by atoms with Gasteiger partial charge < -0.3 is 10.2 Å². The molecule has 0 aromatic rings. The highest BCUT2D eigenvalue weighted by Gasteiger charge is 2.22. The fraction of sp³-hybridized carbons (Fsp3) is 0.917. The molecule has 1 rings (SSSR count). The van der Waals surface area contributed by atoms with Crippen molar-refractivity contribution in [3.05, 3.63) is 0 Å². The van der Waals surface area contributed by atoms with Gasteiger partial charge in [0.05, 0.1) is 0 Å². The van der Waals surface area contributed by atoms with E-state index >= 15 is 0 Å². The molecule has 0 bridgehead atoms. The highest BCUT2D eigenvalue weighted by molar-refractivity contribution is 5.85. The van der Waals surface area contributed by atoms with Crippen molar-refractivity contribution >= 4 is 18.3 Å². The Morgan fingerprint density at radius 1 is 1.56 bits per heavy atom. The Hall–Kier alpha value is -0.280. The van der Waals surface area contributed by atoms with Crippen molar-refractivity contribution in [2.45, 2.75) is 33.1 Å². The van der Waals surface area contributed by atoms with Crippen LogP contribution in [0.5, 0.6) is 0 Å². The molecule has 1 amide bonds. The molecule has 0 aliphatic carbocycles. The quantitative estimate of drug-likeness (QED) is 0.825. The third kappa shape index (κ3) is 4.71. The monoisotopic (exact) mass is 248 g/mol. The Labute approximate surface area is 105 Å². The van der Waals surface area contributed by atoms with Crippen molar-refractivity contribution in [1.82, 2.24) is 10.2 Å². The third-order valence-electron chi connectivity index (χ3n) is 3.54. The summed E-state index contributed by atoms with van der Waals surface area (Å²) in [4.78, 5) is 13.5. The first-order chi connectivity index (χ1) is 7.15. The van der Waals surface area contributed by atoms with Gasteiger partial charge in [-0.25, -0.2) is 0 Å². The van der Waals surface area contributed by atoms with Crippen molar-refractivity contribution in [1.29, 1.82) is 0 Å². The van der Waals surface area contributed by atoms with Gasteiger partial charge in [-0.3, -0.25) is 4.79 Å². The summed E-state index contributed by atoms with van der Waals surface area (Å²) < 4.78 is 0. The molecule has 1 saturated heterocycles. The van der Waals surface area contributed by atoms with E-state index in [0.29, 0.717) is 18.3 Å². The standard InChI is InChI=1S/C12H24N2O.ClH/c1-4-14(3)12(15)8-10(2)11-6-5-7-13-9-11;/h10-11,13H,4-9H2,1-3H3;1H. The van der Waals surface area contributed by atoms with Crippen LogP contribution in [0.15, 0.2) is 0 Å². The van der Waals surface area contributed by atoms with E-state index in [1.807, 2.05) is 18.9 Å². The first kappa shape index (κ1) is 15.7. The maximum atomic E-state index is 11.7. The number of carbonyl (C=O) groups excluding carboxylic acids is 1.